The highest BCUT2D eigenvalue weighted by atomic mass is 16.5. The SMILES string of the molecule is CNCc1nccc(NCCN2CCOCC2)n1. The number of nitrogens with zero attached hydrogens (tertiary/aromatic N) is 3. The van der Waals surface area contributed by atoms with Gasteiger partial charge in [0.2, 0.25) is 0 Å². The minimum absolute atomic E-state index is 0.693. The molecule has 1 saturated heterocycles. The Bertz CT molecular complexity index is 354. The normalized spacial score (nSPS) is 16.7. The first-order valence-corrected chi connectivity index (χ1v) is 6.39. The minimum atomic E-state index is 0.693. The first kappa shape index (κ1) is 13.2. The second kappa shape index (κ2) is 7.25. The van der Waals surface area contributed by atoms with Gasteiger partial charge in [0.05, 0.1) is 19.8 Å². The quantitative estimate of drug-likeness (QED) is 0.738. The summed E-state index contributed by atoms with van der Waals surface area (Å²) in [5, 5.41) is 6.37. The van der Waals surface area contributed by atoms with Gasteiger partial charge >= 0.3 is 0 Å². The van der Waals surface area contributed by atoms with Crippen LogP contribution in [0.15, 0.2) is 12.3 Å². The highest BCUT2D eigenvalue weighted by Gasteiger charge is 2.09. The Morgan fingerprint density at radius 1 is 1.39 bits per heavy atom. The van der Waals surface area contributed by atoms with Gasteiger partial charge < -0.3 is 15.4 Å². The van der Waals surface area contributed by atoms with Crippen LogP contribution in [-0.2, 0) is 11.3 Å². The molecule has 6 heteroatoms. The molecule has 6 nitrogen and oxygen atoms in total. The molecule has 0 saturated carbocycles. The second-order valence-electron chi connectivity index (χ2n) is 4.27. The summed E-state index contributed by atoms with van der Waals surface area (Å²) in [6.07, 6.45) is 1.79. The molecule has 0 bridgehead atoms. The van der Waals surface area contributed by atoms with Gasteiger partial charge in [-0.15, -0.1) is 0 Å². The van der Waals surface area contributed by atoms with Crippen molar-refractivity contribution in [2.45, 2.75) is 6.54 Å². The summed E-state index contributed by atoms with van der Waals surface area (Å²) < 4.78 is 5.32. The highest BCUT2D eigenvalue weighted by molar-refractivity contribution is 5.32. The molecule has 18 heavy (non-hydrogen) atoms. The van der Waals surface area contributed by atoms with Gasteiger partial charge in [0.25, 0.3) is 0 Å². The van der Waals surface area contributed by atoms with Gasteiger partial charge in [-0.05, 0) is 13.1 Å². The van der Waals surface area contributed by atoms with Crippen LogP contribution >= 0.6 is 0 Å². The van der Waals surface area contributed by atoms with E-state index in [9.17, 15) is 0 Å². The monoisotopic (exact) mass is 251 g/mol. The van der Waals surface area contributed by atoms with Crippen molar-refractivity contribution in [2.24, 2.45) is 0 Å². The van der Waals surface area contributed by atoms with E-state index >= 15 is 0 Å². The molecular formula is C12H21N5O. The Kier molecular flexibility index (Phi) is 5.32. The van der Waals surface area contributed by atoms with Crippen LogP contribution < -0.4 is 10.6 Å². The van der Waals surface area contributed by atoms with E-state index in [-0.39, 0.29) is 0 Å². The minimum Gasteiger partial charge on any atom is -0.379 e. The molecule has 2 heterocycles. The predicted octanol–water partition coefficient (Wildman–Crippen LogP) is -0.0599. The standard InChI is InChI=1S/C12H21N5O/c1-13-10-12-14-3-2-11(16-12)15-4-5-17-6-8-18-9-7-17/h2-3,13H,4-10H2,1H3,(H,14,15,16). The molecule has 1 aromatic heterocycles. The van der Waals surface area contributed by atoms with Crippen molar-refractivity contribution in [1.29, 1.82) is 0 Å². The highest BCUT2D eigenvalue weighted by Crippen LogP contribution is 2.02. The van der Waals surface area contributed by atoms with E-state index in [2.05, 4.69) is 25.5 Å². The van der Waals surface area contributed by atoms with Crippen molar-refractivity contribution in [1.82, 2.24) is 20.2 Å². The molecule has 1 aliphatic rings. The third kappa shape index (κ3) is 4.21. The van der Waals surface area contributed by atoms with Gasteiger partial charge in [-0.3, -0.25) is 4.90 Å². The third-order valence-electron chi connectivity index (χ3n) is 2.88. The van der Waals surface area contributed by atoms with Crippen LogP contribution in [0, 0.1) is 0 Å². The lowest BCUT2D eigenvalue weighted by atomic mass is 10.4. The molecule has 2 rings (SSSR count). The van der Waals surface area contributed by atoms with E-state index in [1.807, 2.05) is 13.1 Å². The molecule has 100 valence electrons. The van der Waals surface area contributed by atoms with Crippen molar-refractivity contribution in [3.8, 4) is 0 Å². The molecule has 0 atom stereocenters. The van der Waals surface area contributed by atoms with Crippen molar-refractivity contribution < 1.29 is 4.74 Å². The predicted molar refractivity (Wildman–Crippen MR) is 70.5 cm³/mol. The van der Waals surface area contributed by atoms with Crippen LogP contribution in [0.25, 0.3) is 0 Å². The zero-order chi connectivity index (χ0) is 12.6. The van der Waals surface area contributed by atoms with Crippen molar-refractivity contribution in [3.05, 3.63) is 18.1 Å². The van der Waals surface area contributed by atoms with Crippen LogP contribution in [0.3, 0.4) is 0 Å². The summed E-state index contributed by atoms with van der Waals surface area (Å²) in [7, 11) is 1.89. The largest absolute Gasteiger partial charge is 0.379 e. The maximum atomic E-state index is 5.32. The maximum absolute atomic E-state index is 5.32. The molecule has 1 aromatic rings. The van der Waals surface area contributed by atoms with Crippen LogP contribution in [0.1, 0.15) is 5.82 Å². The number of hydrogen-bond donors (Lipinski definition) is 2. The van der Waals surface area contributed by atoms with Gasteiger partial charge in [-0.1, -0.05) is 0 Å². The molecule has 1 aliphatic heterocycles. The van der Waals surface area contributed by atoms with Crippen LogP contribution in [0.2, 0.25) is 0 Å². The molecule has 0 aliphatic carbocycles. The topological polar surface area (TPSA) is 62.3 Å². The zero-order valence-corrected chi connectivity index (χ0v) is 10.9. The van der Waals surface area contributed by atoms with E-state index in [1.165, 1.54) is 0 Å². The number of ether oxygens (including phenoxy) is 1. The lowest BCUT2D eigenvalue weighted by Gasteiger charge is -2.26. The smallest absolute Gasteiger partial charge is 0.144 e. The molecule has 1 fully saturated rings. The maximum Gasteiger partial charge on any atom is 0.144 e. The first-order chi connectivity index (χ1) is 8.88. The van der Waals surface area contributed by atoms with Crippen molar-refractivity contribution in [2.75, 3.05) is 51.8 Å². The summed E-state index contributed by atoms with van der Waals surface area (Å²) in [4.78, 5) is 11.0. The molecule has 2 N–H and O–H groups in total. The van der Waals surface area contributed by atoms with Gasteiger partial charge in [0.15, 0.2) is 0 Å². The lowest BCUT2D eigenvalue weighted by molar-refractivity contribution is 0.0398. The fourth-order valence-electron chi connectivity index (χ4n) is 1.91. The second-order valence-corrected chi connectivity index (χ2v) is 4.27. The van der Waals surface area contributed by atoms with E-state index in [0.29, 0.717) is 6.54 Å². The molecule has 0 aromatic carbocycles. The molecular weight excluding hydrogens is 230 g/mol. The number of nitrogens with one attached hydrogen (secondary N) is 2. The van der Waals surface area contributed by atoms with E-state index in [0.717, 1.165) is 51.0 Å². The average molecular weight is 251 g/mol. The average Bonchev–Trinajstić information content (AvgIpc) is 2.41. The number of morpholine rings is 1. The molecule has 0 radical (unpaired) electrons. The summed E-state index contributed by atoms with van der Waals surface area (Å²) in [6, 6.07) is 1.90. The Morgan fingerprint density at radius 2 is 2.22 bits per heavy atom. The zero-order valence-electron chi connectivity index (χ0n) is 10.9. The Balaban J connectivity index is 1.73. The number of anilines is 1. The van der Waals surface area contributed by atoms with Crippen LogP contribution in [0.4, 0.5) is 5.82 Å². The Morgan fingerprint density at radius 3 is 3.00 bits per heavy atom. The van der Waals surface area contributed by atoms with Crippen LogP contribution in [-0.4, -0.2) is 61.3 Å². The molecule has 0 spiro atoms. The summed E-state index contributed by atoms with van der Waals surface area (Å²) in [5.41, 5.74) is 0. The fraction of sp³-hybridized carbons (Fsp3) is 0.667. The first-order valence-electron chi connectivity index (χ1n) is 6.39. The lowest BCUT2D eigenvalue weighted by Crippen LogP contribution is -2.39. The fourth-order valence-corrected chi connectivity index (χ4v) is 1.91. The van der Waals surface area contributed by atoms with Crippen molar-refractivity contribution >= 4 is 5.82 Å². The van der Waals surface area contributed by atoms with Gasteiger partial charge in [0, 0.05) is 32.4 Å². The van der Waals surface area contributed by atoms with Gasteiger partial charge in [0.1, 0.15) is 11.6 Å². The van der Waals surface area contributed by atoms with Crippen LogP contribution in [0.5, 0.6) is 0 Å². The molecule has 0 unspecified atom stereocenters. The number of hydrogen-bond acceptors (Lipinski definition) is 6. The van der Waals surface area contributed by atoms with E-state index in [1.54, 1.807) is 6.20 Å². The Hall–Kier alpha value is -1.24. The van der Waals surface area contributed by atoms with Crippen molar-refractivity contribution in [3.63, 3.8) is 0 Å². The molecule has 0 amide bonds. The third-order valence-corrected chi connectivity index (χ3v) is 2.88. The van der Waals surface area contributed by atoms with E-state index < -0.39 is 0 Å². The number of aromatic nitrogens is 2. The number of rotatable bonds is 6. The summed E-state index contributed by atoms with van der Waals surface area (Å²) in [5.74, 6) is 1.71. The summed E-state index contributed by atoms with van der Waals surface area (Å²) >= 11 is 0. The summed E-state index contributed by atoms with van der Waals surface area (Å²) in [6.45, 7) is 6.36. The Labute approximate surface area is 108 Å². The van der Waals surface area contributed by atoms with E-state index in [4.69, 9.17) is 4.74 Å². The van der Waals surface area contributed by atoms with Gasteiger partial charge in [-0.2, -0.15) is 0 Å². The van der Waals surface area contributed by atoms with Gasteiger partial charge in [-0.25, -0.2) is 9.97 Å².